The minimum Gasteiger partial charge on any atom is -0.508 e. The molecule has 1 aliphatic carbocycles. The summed E-state index contributed by atoms with van der Waals surface area (Å²) >= 11 is 0. The molecular formula is C12H16N2O5S. The van der Waals surface area contributed by atoms with Gasteiger partial charge in [0.2, 0.25) is 0 Å². The molecule has 1 aromatic rings. The molecule has 0 radical (unpaired) electrons. The van der Waals surface area contributed by atoms with Crippen LogP contribution in [0.2, 0.25) is 0 Å². The number of rotatable bonds is 7. The monoisotopic (exact) mass is 300 g/mol. The lowest BCUT2D eigenvalue weighted by atomic mass is 10.1. The highest BCUT2D eigenvalue weighted by Gasteiger charge is 2.30. The number of aromatic hydroxyl groups is 1. The Labute approximate surface area is 116 Å². The number of carboxylic acids is 1. The lowest BCUT2D eigenvalue weighted by Gasteiger charge is -2.15. The fraction of sp³-hybridized carbons (Fsp3) is 0.417. The maximum Gasteiger partial charge on any atom is 0.322 e. The van der Waals surface area contributed by atoms with Crippen LogP contribution in [0.25, 0.3) is 0 Å². The van der Waals surface area contributed by atoms with Crippen LogP contribution in [0.15, 0.2) is 24.3 Å². The molecule has 110 valence electrons. The molecule has 8 heteroatoms. The van der Waals surface area contributed by atoms with E-state index in [1.54, 1.807) is 12.1 Å². The van der Waals surface area contributed by atoms with E-state index in [1.165, 1.54) is 12.1 Å². The van der Waals surface area contributed by atoms with E-state index in [1.807, 2.05) is 0 Å². The molecular weight excluding hydrogens is 284 g/mol. The largest absolute Gasteiger partial charge is 0.508 e. The molecule has 0 aromatic heterocycles. The van der Waals surface area contributed by atoms with Crippen LogP contribution in [0.5, 0.6) is 5.75 Å². The molecule has 1 fully saturated rings. The third-order valence-electron chi connectivity index (χ3n) is 2.87. The van der Waals surface area contributed by atoms with Crippen molar-refractivity contribution in [2.45, 2.75) is 31.3 Å². The number of hydrogen-bond donors (Lipinski definition) is 4. The van der Waals surface area contributed by atoms with Crippen molar-refractivity contribution in [2.75, 3.05) is 0 Å². The van der Waals surface area contributed by atoms with E-state index in [0.717, 1.165) is 12.8 Å². The Morgan fingerprint density at radius 1 is 1.30 bits per heavy atom. The van der Waals surface area contributed by atoms with E-state index in [2.05, 4.69) is 9.44 Å². The quantitative estimate of drug-likeness (QED) is 0.564. The van der Waals surface area contributed by atoms with Gasteiger partial charge >= 0.3 is 5.97 Å². The summed E-state index contributed by atoms with van der Waals surface area (Å²) in [5.41, 5.74) is 0.615. The molecule has 7 nitrogen and oxygen atoms in total. The number of aliphatic carboxylic acids is 1. The van der Waals surface area contributed by atoms with E-state index < -0.39 is 22.2 Å². The first kappa shape index (κ1) is 14.8. The van der Waals surface area contributed by atoms with E-state index in [4.69, 9.17) is 10.2 Å². The summed E-state index contributed by atoms with van der Waals surface area (Å²) in [6.45, 7) is 0. The molecule has 1 atom stereocenters. The molecule has 1 aromatic carbocycles. The first-order chi connectivity index (χ1) is 9.35. The van der Waals surface area contributed by atoms with Gasteiger partial charge in [0, 0.05) is 6.04 Å². The highest BCUT2D eigenvalue weighted by molar-refractivity contribution is 7.87. The first-order valence-electron chi connectivity index (χ1n) is 6.16. The molecule has 0 heterocycles. The van der Waals surface area contributed by atoms with Crippen molar-refractivity contribution in [1.82, 2.24) is 9.44 Å². The molecule has 0 saturated heterocycles. The van der Waals surface area contributed by atoms with Gasteiger partial charge in [0.05, 0.1) is 0 Å². The predicted molar refractivity (Wildman–Crippen MR) is 71.4 cm³/mol. The van der Waals surface area contributed by atoms with E-state index in [9.17, 15) is 13.2 Å². The van der Waals surface area contributed by atoms with Crippen LogP contribution in [0.1, 0.15) is 18.4 Å². The highest BCUT2D eigenvalue weighted by Crippen LogP contribution is 2.19. The second-order valence-corrected chi connectivity index (χ2v) is 6.25. The minimum absolute atomic E-state index is 0.00118. The molecule has 20 heavy (non-hydrogen) atoms. The summed E-state index contributed by atoms with van der Waals surface area (Å²) in [6.07, 6.45) is 1.55. The van der Waals surface area contributed by atoms with Crippen molar-refractivity contribution in [2.24, 2.45) is 0 Å². The van der Waals surface area contributed by atoms with Crippen LogP contribution in [0.4, 0.5) is 0 Å². The Kier molecular flexibility index (Phi) is 4.26. The van der Waals surface area contributed by atoms with Gasteiger partial charge in [-0.15, -0.1) is 0 Å². The van der Waals surface area contributed by atoms with Gasteiger partial charge in [-0.1, -0.05) is 12.1 Å². The summed E-state index contributed by atoms with van der Waals surface area (Å²) in [6, 6.07) is 4.60. The molecule has 0 unspecified atom stereocenters. The van der Waals surface area contributed by atoms with Gasteiger partial charge in [0.1, 0.15) is 11.8 Å². The molecule has 2 rings (SSSR count). The maximum absolute atomic E-state index is 11.7. The van der Waals surface area contributed by atoms with Gasteiger partial charge < -0.3 is 10.2 Å². The SMILES string of the molecule is O=C(O)[C@@H](Cc1ccc(O)cc1)NS(=O)(=O)NC1CC1. The fourth-order valence-electron chi connectivity index (χ4n) is 1.69. The molecule has 0 amide bonds. The van der Waals surface area contributed by atoms with E-state index in [-0.39, 0.29) is 18.2 Å². The second-order valence-electron chi connectivity index (χ2n) is 4.77. The van der Waals surface area contributed by atoms with Crippen molar-refractivity contribution in [1.29, 1.82) is 0 Å². The maximum atomic E-state index is 11.7. The Morgan fingerprint density at radius 3 is 2.40 bits per heavy atom. The summed E-state index contributed by atoms with van der Waals surface area (Å²) in [4.78, 5) is 11.1. The second kappa shape index (κ2) is 5.78. The van der Waals surface area contributed by atoms with Gasteiger partial charge in [-0.25, -0.2) is 0 Å². The van der Waals surface area contributed by atoms with Crippen LogP contribution in [0.3, 0.4) is 0 Å². The van der Waals surface area contributed by atoms with Gasteiger partial charge in [-0.3, -0.25) is 4.79 Å². The van der Waals surface area contributed by atoms with Gasteiger partial charge in [-0.2, -0.15) is 17.9 Å². The van der Waals surface area contributed by atoms with Crippen LogP contribution < -0.4 is 9.44 Å². The zero-order valence-electron chi connectivity index (χ0n) is 10.6. The number of nitrogens with one attached hydrogen (secondary N) is 2. The molecule has 1 aliphatic rings. The number of hydrogen-bond acceptors (Lipinski definition) is 4. The predicted octanol–water partition coefficient (Wildman–Crippen LogP) is -0.0257. The van der Waals surface area contributed by atoms with Gasteiger partial charge in [0.15, 0.2) is 0 Å². The molecule has 4 N–H and O–H groups in total. The van der Waals surface area contributed by atoms with E-state index >= 15 is 0 Å². The van der Waals surface area contributed by atoms with Crippen LogP contribution in [0, 0.1) is 0 Å². The smallest absolute Gasteiger partial charge is 0.322 e. The van der Waals surface area contributed by atoms with Crippen molar-refractivity contribution in [3.63, 3.8) is 0 Å². The average molecular weight is 300 g/mol. The Hall–Kier alpha value is -1.64. The zero-order chi connectivity index (χ0) is 14.8. The highest BCUT2D eigenvalue weighted by atomic mass is 32.2. The first-order valence-corrected chi connectivity index (χ1v) is 7.64. The third-order valence-corrected chi connectivity index (χ3v) is 4.11. The van der Waals surface area contributed by atoms with Gasteiger partial charge in [0.25, 0.3) is 10.2 Å². The number of carbonyl (C=O) groups is 1. The standard InChI is InChI=1S/C12H16N2O5S/c15-10-5-1-8(2-6-10)7-11(12(16)17)14-20(18,19)13-9-3-4-9/h1-2,5-6,9,11,13-15H,3-4,7H2,(H,16,17)/t11-/m1/s1. The van der Waals surface area contributed by atoms with Crippen molar-refractivity contribution >= 4 is 16.2 Å². The lowest BCUT2D eigenvalue weighted by Crippen LogP contribution is -2.48. The minimum atomic E-state index is -3.82. The number of phenolic OH excluding ortho intramolecular Hbond substituents is 1. The fourth-order valence-corrected chi connectivity index (χ4v) is 2.99. The van der Waals surface area contributed by atoms with Crippen LogP contribution in [-0.2, 0) is 21.4 Å². The van der Waals surface area contributed by atoms with Gasteiger partial charge in [-0.05, 0) is 37.0 Å². The third kappa shape index (κ3) is 4.48. The molecule has 0 spiro atoms. The summed E-state index contributed by atoms with van der Waals surface area (Å²) < 4.78 is 27.9. The lowest BCUT2D eigenvalue weighted by molar-refractivity contribution is -0.138. The van der Waals surface area contributed by atoms with Crippen molar-refractivity contribution in [3.05, 3.63) is 29.8 Å². The van der Waals surface area contributed by atoms with Crippen molar-refractivity contribution in [3.8, 4) is 5.75 Å². The van der Waals surface area contributed by atoms with Crippen LogP contribution >= 0.6 is 0 Å². The molecule has 0 bridgehead atoms. The van der Waals surface area contributed by atoms with Crippen molar-refractivity contribution < 1.29 is 23.4 Å². The number of benzene rings is 1. The Morgan fingerprint density at radius 2 is 1.90 bits per heavy atom. The number of carboxylic acid groups (broad SMARTS) is 1. The Bertz CT molecular complexity index is 580. The summed E-state index contributed by atoms with van der Waals surface area (Å²) in [5, 5.41) is 18.3. The number of phenols is 1. The molecule has 0 aliphatic heterocycles. The summed E-state index contributed by atoms with van der Waals surface area (Å²) in [5.74, 6) is -1.18. The molecule has 1 saturated carbocycles. The Balaban J connectivity index is 2.03. The normalized spacial score (nSPS) is 16.8. The zero-order valence-corrected chi connectivity index (χ0v) is 11.4. The summed E-state index contributed by atoms with van der Waals surface area (Å²) in [7, 11) is -3.82. The topological polar surface area (TPSA) is 116 Å². The average Bonchev–Trinajstić information content (AvgIpc) is 3.14. The van der Waals surface area contributed by atoms with Crippen LogP contribution in [-0.4, -0.2) is 36.7 Å². The van der Waals surface area contributed by atoms with E-state index in [0.29, 0.717) is 5.56 Å².